The number of hydrogen-bond donors (Lipinski definition) is 2. The quantitative estimate of drug-likeness (QED) is 0.814. The summed E-state index contributed by atoms with van der Waals surface area (Å²) in [5.74, 6) is -0.219. The SMILES string of the molecule is C[C@H](NC(=O)CC1(O)CCCC1)C(=O)N1CCCCC1. The van der Waals surface area contributed by atoms with E-state index in [1.165, 1.54) is 6.42 Å². The smallest absolute Gasteiger partial charge is 0.244 e. The van der Waals surface area contributed by atoms with Crippen molar-refractivity contribution in [3.8, 4) is 0 Å². The minimum atomic E-state index is -0.849. The molecule has 5 nitrogen and oxygen atoms in total. The Bertz CT molecular complexity index is 358. The van der Waals surface area contributed by atoms with E-state index in [4.69, 9.17) is 0 Å². The number of amides is 2. The van der Waals surface area contributed by atoms with Gasteiger partial charge in [0.15, 0.2) is 0 Å². The maximum Gasteiger partial charge on any atom is 0.244 e. The molecule has 1 aliphatic carbocycles. The van der Waals surface area contributed by atoms with Crippen LogP contribution in [0.1, 0.15) is 58.3 Å². The van der Waals surface area contributed by atoms with Crippen LogP contribution in [0.25, 0.3) is 0 Å². The van der Waals surface area contributed by atoms with Crippen LogP contribution in [0.3, 0.4) is 0 Å². The lowest BCUT2D eigenvalue weighted by atomic mass is 9.97. The number of piperidine rings is 1. The van der Waals surface area contributed by atoms with E-state index in [0.29, 0.717) is 12.8 Å². The molecule has 2 rings (SSSR count). The molecule has 2 fully saturated rings. The number of nitrogens with one attached hydrogen (secondary N) is 1. The second-order valence-corrected chi connectivity index (χ2v) is 6.28. The number of hydrogen-bond acceptors (Lipinski definition) is 3. The Morgan fingerprint density at radius 1 is 1.15 bits per heavy atom. The van der Waals surface area contributed by atoms with Gasteiger partial charge in [-0.05, 0) is 39.0 Å². The van der Waals surface area contributed by atoms with Gasteiger partial charge in [-0.1, -0.05) is 12.8 Å². The zero-order valence-corrected chi connectivity index (χ0v) is 12.4. The molecular weight excluding hydrogens is 256 g/mol. The average Bonchev–Trinajstić information content (AvgIpc) is 2.84. The molecule has 2 aliphatic rings. The summed E-state index contributed by atoms with van der Waals surface area (Å²) in [6.45, 7) is 3.32. The maximum absolute atomic E-state index is 12.2. The molecule has 0 bridgehead atoms. The summed E-state index contributed by atoms with van der Waals surface area (Å²) in [4.78, 5) is 26.0. The summed E-state index contributed by atoms with van der Waals surface area (Å²) in [6.07, 6.45) is 6.72. The van der Waals surface area contributed by atoms with Crippen molar-refractivity contribution in [2.75, 3.05) is 13.1 Å². The Morgan fingerprint density at radius 2 is 1.75 bits per heavy atom. The van der Waals surface area contributed by atoms with Gasteiger partial charge >= 0.3 is 0 Å². The summed E-state index contributed by atoms with van der Waals surface area (Å²) in [7, 11) is 0. The minimum Gasteiger partial charge on any atom is -0.389 e. The first-order chi connectivity index (χ1) is 9.50. The number of likely N-dealkylation sites (tertiary alicyclic amines) is 1. The number of carbonyl (C=O) groups excluding carboxylic acids is 2. The average molecular weight is 282 g/mol. The van der Waals surface area contributed by atoms with Crippen LogP contribution in [0.5, 0.6) is 0 Å². The van der Waals surface area contributed by atoms with Crippen LogP contribution in [0.4, 0.5) is 0 Å². The highest BCUT2D eigenvalue weighted by atomic mass is 16.3. The van der Waals surface area contributed by atoms with Crippen LogP contribution < -0.4 is 5.32 Å². The Balaban J connectivity index is 1.79. The zero-order valence-electron chi connectivity index (χ0n) is 12.4. The summed E-state index contributed by atoms with van der Waals surface area (Å²) in [5, 5.41) is 12.9. The molecule has 114 valence electrons. The van der Waals surface area contributed by atoms with Gasteiger partial charge in [0, 0.05) is 13.1 Å². The molecule has 2 N–H and O–H groups in total. The highest BCUT2D eigenvalue weighted by Gasteiger charge is 2.34. The van der Waals surface area contributed by atoms with E-state index in [0.717, 1.165) is 38.8 Å². The van der Waals surface area contributed by atoms with Gasteiger partial charge in [-0.3, -0.25) is 9.59 Å². The molecule has 0 radical (unpaired) electrons. The third-order valence-corrected chi connectivity index (χ3v) is 4.44. The molecule has 1 saturated carbocycles. The van der Waals surface area contributed by atoms with Gasteiger partial charge < -0.3 is 15.3 Å². The Kier molecular flexibility index (Phi) is 5.02. The summed E-state index contributed by atoms with van der Waals surface area (Å²) in [5.41, 5.74) is -0.849. The normalized spacial score (nSPS) is 23.4. The molecule has 0 aromatic carbocycles. The molecule has 20 heavy (non-hydrogen) atoms. The molecule has 0 spiro atoms. The van der Waals surface area contributed by atoms with Crippen molar-refractivity contribution in [2.24, 2.45) is 0 Å². The van der Waals surface area contributed by atoms with Gasteiger partial charge in [0.25, 0.3) is 0 Å². The van der Waals surface area contributed by atoms with Crippen molar-refractivity contribution in [3.63, 3.8) is 0 Å². The lowest BCUT2D eigenvalue weighted by molar-refractivity contribution is -0.138. The highest BCUT2D eigenvalue weighted by molar-refractivity contribution is 5.87. The van der Waals surface area contributed by atoms with E-state index in [9.17, 15) is 14.7 Å². The standard InChI is InChI=1S/C15H26N2O3/c1-12(14(19)17-9-5-2-6-10-17)16-13(18)11-15(20)7-3-4-8-15/h12,20H,2-11H2,1H3,(H,16,18)/t12-/m0/s1. The Hall–Kier alpha value is -1.10. The second kappa shape index (κ2) is 6.57. The van der Waals surface area contributed by atoms with Gasteiger partial charge in [-0.2, -0.15) is 0 Å². The van der Waals surface area contributed by atoms with Gasteiger partial charge in [0.05, 0.1) is 12.0 Å². The molecular formula is C15H26N2O3. The maximum atomic E-state index is 12.2. The molecule has 0 aromatic heterocycles. The van der Waals surface area contributed by atoms with Crippen LogP contribution in [-0.4, -0.2) is 46.6 Å². The molecule has 1 atom stereocenters. The zero-order chi connectivity index (χ0) is 14.6. The molecule has 0 unspecified atom stereocenters. The van der Waals surface area contributed by atoms with Crippen LogP contribution in [0.15, 0.2) is 0 Å². The molecule has 2 amide bonds. The molecule has 0 aromatic rings. The van der Waals surface area contributed by atoms with Crippen molar-refractivity contribution in [1.82, 2.24) is 10.2 Å². The van der Waals surface area contributed by atoms with Crippen LogP contribution in [-0.2, 0) is 9.59 Å². The second-order valence-electron chi connectivity index (χ2n) is 6.28. The van der Waals surface area contributed by atoms with Crippen molar-refractivity contribution in [2.45, 2.75) is 69.9 Å². The van der Waals surface area contributed by atoms with Gasteiger partial charge in [-0.15, -0.1) is 0 Å². The predicted octanol–water partition coefficient (Wildman–Crippen LogP) is 1.20. The summed E-state index contributed by atoms with van der Waals surface area (Å²) in [6, 6.07) is -0.495. The fourth-order valence-electron chi connectivity index (χ4n) is 3.25. The number of nitrogens with zero attached hydrogens (tertiary/aromatic N) is 1. The first-order valence-corrected chi connectivity index (χ1v) is 7.81. The molecule has 1 heterocycles. The van der Waals surface area contributed by atoms with Gasteiger partial charge in [0.1, 0.15) is 6.04 Å². The Labute approximate surface area is 120 Å². The summed E-state index contributed by atoms with van der Waals surface area (Å²) < 4.78 is 0. The van der Waals surface area contributed by atoms with E-state index in [1.807, 2.05) is 4.90 Å². The number of rotatable bonds is 4. The topological polar surface area (TPSA) is 69.6 Å². The largest absolute Gasteiger partial charge is 0.389 e. The predicted molar refractivity (Wildman–Crippen MR) is 76.1 cm³/mol. The third kappa shape index (κ3) is 3.95. The number of aliphatic hydroxyl groups is 1. The molecule has 5 heteroatoms. The van der Waals surface area contributed by atoms with Crippen LogP contribution in [0, 0.1) is 0 Å². The fraction of sp³-hybridized carbons (Fsp3) is 0.867. The van der Waals surface area contributed by atoms with E-state index >= 15 is 0 Å². The van der Waals surface area contributed by atoms with E-state index < -0.39 is 11.6 Å². The van der Waals surface area contributed by atoms with Gasteiger partial charge in [0.2, 0.25) is 11.8 Å². The first kappa shape index (κ1) is 15.3. The lowest BCUT2D eigenvalue weighted by Gasteiger charge is -2.30. The van der Waals surface area contributed by atoms with E-state index in [-0.39, 0.29) is 18.2 Å². The molecule has 1 aliphatic heterocycles. The third-order valence-electron chi connectivity index (χ3n) is 4.44. The fourth-order valence-corrected chi connectivity index (χ4v) is 3.25. The van der Waals surface area contributed by atoms with Crippen LogP contribution in [0.2, 0.25) is 0 Å². The van der Waals surface area contributed by atoms with E-state index in [2.05, 4.69) is 5.32 Å². The molecule has 1 saturated heterocycles. The van der Waals surface area contributed by atoms with Gasteiger partial charge in [-0.25, -0.2) is 0 Å². The van der Waals surface area contributed by atoms with Crippen molar-refractivity contribution >= 4 is 11.8 Å². The monoisotopic (exact) mass is 282 g/mol. The summed E-state index contributed by atoms with van der Waals surface area (Å²) >= 11 is 0. The van der Waals surface area contributed by atoms with E-state index in [1.54, 1.807) is 6.92 Å². The highest BCUT2D eigenvalue weighted by Crippen LogP contribution is 2.32. The Morgan fingerprint density at radius 3 is 2.35 bits per heavy atom. The van der Waals surface area contributed by atoms with Crippen molar-refractivity contribution < 1.29 is 14.7 Å². The minimum absolute atomic E-state index is 0.00328. The van der Waals surface area contributed by atoms with Crippen LogP contribution >= 0.6 is 0 Å². The van der Waals surface area contributed by atoms with Crippen molar-refractivity contribution in [3.05, 3.63) is 0 Å². The van der Waals surface area contributed by atoms with Crippen molar-refractivity contribution in [1.29, 1.82) is 0 Å². The number of carbonyl (C=O) groups is 2. The first-order valence-electron chi connectivity index (χ1n) is 7.81. The lowest BCUT2D eigenvalue weighted by Crippen LogP contribution is -2.49.